The number of nitrogens with one attached hydrogen (secondary N) is 2. The number of carbonyl (C=O) groups is 2. The van der Waals surface area contributed by atoms with Crippen molar-refractivity contribution in [3.8, 4) is 39.6 Å². The molecule has 4 rings (SSSR count). The third-order valence-corrected chi connectivity index (χ3v) is 8.39. The largest absolute Gasteiger partial charge is 0.490 e. The van der Waals surface area contributed by atoms with Crippen LogP contribution in [-0.4, -0.2) is 74.2 Å². The summed E-state index contributed by atoms with van der Waals surface area (Å²) in [6.07, 6.45) is 0. The Morgan fingerprint density at radius 2 is 1.70 bits per heavy atom. The predicted molar refractivity (Wildman–Crippen MR) is 179 cm³/mol. The highest BCUT2D eigenvalue weighted by Gasteiger charge is 2.23. The molecule has 2 aromatic carbocycles. The lowest BCUT2D eigenvalue weighted by Gasteiger charge is -2.16. The summed E-state index contributed by atoms with van der Waals surface area (Å²) >= 11 is 8.80. The van der Waals surface area contributed by atoms with Crippen LogP contribution in [-0.2, 0) is 20.1 Å². The van der Waals surface area contributed by atoms with E-state index in [-0.39, 0.29) is 55.1 Å². The number of nitrogens with zero attached hydrogens (tertiary/aromatic N) is 5. The number of esters is 1. The fraction of sp³-hybridized carbons (Fsp3) is 0.250. The van der Waals surface area contributed by atoms with Crippen molar-refractivity contribution in [2.24, 2.45) is 0 Å². The molecule has 1 amide bonds. The molecule has 4 aromatic rings. The van der Waals surface area contributed by atoms with Gasteiger partial charge in [-0.15, -0.1) is 11.3 Å². The zero-order chi connectivity index (χ0) is 33.1. The molecule has 0 unspecified atom stereocenters. The van der Waals surface area contributed by atoms with Gasteiger partial charge >= 0.3 is 5.97 Å². The number of amides is 1. The van der Waals surface area contributed by atoms with Crippen LogP contribution in [0.5, 0.6) is 5.75 Å². The van der Waals surface area contributed by atoms with Gasteiger partial charge in [0.1, 0.15) is 46.7 Å². The molecule has 2 N–H and O–H groups in total. The maximum atomic E-state index is 12.5. The Kier molecular flexibility index (Phi) is 12.5. The number of thioether (sulfide) groups is 1. The molecule has 0 radical (unpaired) electrons. The van der Waals surface area contributed by atoms with Gasteiger partial charge in [-0.2, -0.15) is 10.5 Å². The van der Waals surface area contributed by atoms with Gasteiger partial charge in [0.05, 0.1) is 24.3 Å². The van der Waals surface area contributed by atoms with E-state index in [1.165, 1.54) is 23.1 Å². The van der Waals surface area contributed by atoms with Gasteiger partial charge < -0.3 is 20.1 Å². The zero-order valence-electron chi connectivity index (χ0n) is 25.3. The van der Waals surface area contributed by atoms with Crippen LogP contribution in [0.1, 0.15) is 16.8 Å². The normalized spacial score (nSPS) is 10.7. The van der Waals surface area contributed by atoms with E-state index in [1.807, 2.05) is 17.5 Å². The summed E-state index contributed by atoms with van der Waals surface area (Å²) in [6.45, 7) is 0.425. The first-order valence-corrected chi connectivity index (χ1v) is 16.2. The van der Waals surface area contributed by atoms with Crippen LogP contribution >= 0.6 is 34.7 Å². The number of thiazole rings is 1. The number of hydrogen-bond donors (Lipinski definition) is 2. The second kappa shape index (κ2) is 16.7. The number of ether oxygens (including phenoxy) is 2. The molecule has 0 atom stereocenters. The van der Waals surface area contributed by atoms with Crippen molar-refractivity contribution in [1.82, 2.24) is 20.2 Å². The van der Waals surface area contributed by atoms with Crippen LogP contribution in [0.15, 0.2) is 58.9 Å². The highest BCUT2D eigenvalue weighted by molar-refractivity contribution is 7.98. The number of rotatable bonds is 14. The van der Waals surface area contributed by atoms with Gasteiger partial charge in [-0.05, 0) is 51.0 Å². The quantitative estimate of drug-likeness (QED) is 0.103. The number of halogens is 1. The summed E-state index contributed by atoms with van der Waals surface area (Å²) < 4.78 is 10.9. The smallest absolute Gasteiger partial charge is 0.320 e. The molecule has 14 heteroatoms. The number of nitriles is 2. The predicted octanol–water partition coefficient (Wildman–Crippen LogP) is 5.20. The Hall–Kier alpha value is -4.50. The Balaban J connectivity index is 1.60. The number of hydrogen-bond acceptors (Lipinski definition) is 12. The third kappa shape index (κ3) is 9.26. The molecule has 0 spiro atoms. The third-order valence-electron chi connectivity index (χ3n) is 6.19. The molecule has 0 fully saturated rings. The van der Waals surface area contributed by atoms with Crippen LogP contribution in [0.4, 0.5) is 5.82 Å². The van der Waals surface area contributed by atoms with E-state index in [9.17, 15) is 20.1 Å². The number of pyridine rings is 1. The van der Waals surface area contributed by atoms with Crippen molar-refractivity contribution in [3.05, 3.63) is 75.8 Å². The Labute approximate surface area is 280 Å². The van der Waals surface area contributed by atoms with Crippen LogP contribution < -0.4 is 15.4 Å². The van der Waals surface area contributed by atoms with Gasteiger partial charge in [-0.25, -0.2) is 9.97 Å². The Morgan fingerprint density at radius 3 is 2.35 bits per heavy atom. The van der Waals surface area contributed by atoms with Gasteiger partial charge in [-0.3, -0.25) is 14.5 Å². The standard InChI is InChI=1S/C32H30ClN7O4S2/c1-36-16-27(41)38-30-25(14-34)29(20-6-10-24(11-7-20)43-12-13-44-28(42)17-40(2)3)26(15-35)32(39-30)46-19-23-18-45-31(37-23)21-4-8-22(33)9-5-21/h4-11,18,36H,12-13,16-17,19H2,1-3H3,(H,38,39,41). The van der Waals surface area contributed by atoms with Crippen LogP contribution in [0.2, 0.25) is 5.02 Å². The maximum absolute atomic E-state index is 12.5. The summed E-state index contributed by atoms with van der Waals surface area (Å²) in [5.41, 5.74) is 2.88. The van der Waals surface area contributed by atoms with Crippen molar-refractivity contribution in [2.75, 3.05) is 52.8 Å². The summed E-state index contributed by atoms with van der Waals surface area (Å²) in [5, 5.41) is 29.7. The van der Waals surface area contributed by atoms with E-state index in [4.69, 9.17) is 26.1 Å². The highest BCUT2D eigenvalue weighted by Crippen LogP contribution is 2.38. The van der Waals surface area contributed by atoms with Crippen molar-refractivity contribution in [3.63, 3.8) is 0 Å². The zero-order valence-corrected chi connectivity index (χ0v) is 27.7. The first kappa shape index (κ1) is 34.4. The minimum absolute atomic E-state index is 0.00709. The van der Waals surface area contributed by atoms with Crippen LogP contribution in [0.25, 0.3) is 21.7 Å². The molecule has 0 bridgehead atoms. The molecule has 2 aromatic heterocycles. The molecule has 0 aliphatic heterocycles. The van der Waals surface area contributed by atoms with E-state index < -0.39 is 0 Å². The topological polar surface area (TPSA) is 153 Å². The molecule has 0 saturated carbocycles. The van der Waals surface area contributed by atoms with Gasteiger partial charge in [0, 0.05) is 27.3 Å². The fourth-order valence-corrected chi connectivity index (χ4v) is 6.11. The Bertz CT molecular complexity index is 1770. The number of anilines is 1. The summed E-state index contributed by atoms with van der Waals surface area (Å²) in [5.74, 6) is 0.223. The van der Waals surface area contributed by atoms with E-state index in [1.54, 1.807) is 62.4 Å². The Morgan fingerprint density at radius 1 is 1.00 bits per heavy atom. The minimum atomic E-state index is -0.389. The summed E-state index contributed by atoms with van der Waals surface area (Å²) in [7, 11) is 5.18. The van der Waals surface area contributed by atoms with Gasteiger partial charge in [0.25, 0.3) is 0 Å². The number of carbonyl (C=O) groups excluding carboxylic acids is 2. The van der Waals surface area contributed by atoms with E-state index in [0.29, 0.717) is 32.7 Å². The number of benzene rings is 2. The van der Waals surface area contributed by atoms with Crippen molar-refractivity contribution >= 4 is 52.4 Å². The van der Waals surface area contributed by atoms with Crippen molar-refractivity contribution in [2.45, 2.75) is 10.8 Å². The summed E-state index contributed by atoms with van der Waals surface area (Å²) in [4.78, 5) is 35.3. The van der Waals surface area contributed by atoms with E-state index in [2.05, 4.69) is 27.8 Å². The first-order valence-electron chi connectivity index (χ1n) is 13.9. The first-order chi connectivity index (χ1) is 22.2. The molecule has 46 heavy (non-hydrogen) atoms. The molecule has 236 valence electrons. The lowest BCUT2D eigenvalue weighted by atomic mass is 9.96. The molecule has 2 heterocycles. The second-order valence-electron chi connectivity index (χ2n) is 9.96. The molecular formula is C32H30ClN7O4S2. The van der Waals surface area contributed by atoms with Gasteiger partial charge in [0.15, 0.2) is 5.82 Å². The number of aromatic nitrogens is 2. The molecule has 0 aliphatic rings. The van der Waals surface area contributed by atoms with Gasteiger partial charge in [0.2, 0.25) is 5.91 Å². The SMILES string of the molecule is CNCC(=O)Nc1nc(SCc2csc(-c3ccc(Cl)cc3)n2)c(C#N)c(-c2ccc(OCCOC(=O)CN(C)C)cc2)c1C#N. The van der Waals surface area contributed by atoms with E-state index >= 15 is 0 Å². The molecule has 11 nitrogen and oxygen atoms in total. The average Bonchev–Trinajstić information content (AvgIpc) is 3.51. The monoisotopic (exact) mass is 675 g/mol. The minimum Gasteiger partial charge on any atom is -0.490 e. The van der Waals surface area contributed by atoms with Crippen LogP contribution in [0.3, 0.4) is 0 Å². The van der Waals surface area contributed by atoms with Crippen molar-refractivity contribution in [1.29, 1.82) is 10.5 Å². The molecular weight excluding hydrogens is 646 g/mol. The van der Waals surface area contributed by atoms with Gasteiger partial charge in [-0.1, -0.05) is 47.6 Å². The molecule has 0 saturated heterocycles. The van der Waals surface area contributed by atoms with Crippen LogP contribution in [0, 0.1) is 22.7 Å². The fourth-order valence-electron chi connectivity index (χ4n) is 4.17. The van der Waals surface area contributed by atoms with E-state index in [0.717, 1.165) is 16.3 Å². The highest BCUT2D eigenvalue weighted by atomic mass is 35.5. The second-order valence-corrected chi connectivity index (χ2v) is 12.2. The molecule has 0 aliphatic carbocycles. The number of likely N-dealkylation sites (N-methyl/N-ethyl adjacent to an activating group) is 2. The average molecular weight is 676 g/mol. The maximum Gasteiger partial charge on any atom is 0.320 e. The summed E-state index contributed by atoms with van der Waals surface area (Å²) in [6, 6.07) is 18.6. The van der Waals surface area contributed by atoms with Crippen molar-refractivity contribution < 1.29 is 19.1 Å². The lowest BCUT2D eigenvalue weighted by molar-refractivity contribution is -0.145. The lowest BCUT2D eigenvalue weighted by Crippen LogP contribution is -2.26.